The molecule has 2 aromatic carbocycles. The second kappa shape index (κ2) is 7.77. The monoisotopic (exact) mass is 416 g/mol. The van der Waals surface area contributed by atoms with E-state index in [1.807, 2.05) is 0 Å². The van der Waals surface area contributed by atoms with E-state index >= 15 is 0 Å². The first kappa shape index (κ1) is 18.9. The van der Waals surface area contributed by atoms with Crippen LogP contribution >= 0.6 is 15.9 Å². The van der Waals surface area contributed by atoms with Crippen LogP contribution in [0, 0.1) is 11.8 Å². The number of rotatable bonds is 6. The van der Waals surface area contributed by atoms with Gasteiger partial charge >= 0.3 is 0 Å². The predicted molar refractivity (Wildman–Crippen MR) is 114 cm³/mol. The minimum absolute atomic E-state index is 0.0728. The van der Waals surface area contributed by atoms with Crippen molar-refractivity contribution in [1.82, 2.24) is 0 Å². The van der Waals surface area contributed by atoms with E-state index in [2.05, 4.69) is 97.4 Å². The Morgan fingerprint density at radius 2 is 1.36 bits per heavy atom. The van der Waals surface area contributed by atoms with E-state index in [-0.39, 0.29) is 5.04 Å². The van der Waals surface area contributed by atoms with E-state index in [9.17, 15) is 0 Å². The van der Waals surface area contributed by atoms with Crippen molar-refractivity contribution in [3.8, 4) is 0 Å². The van der Waals surface area contributed by atoms with E-state index in [0.29, 0.717) is 5.92 Å². The van der Waals surface area contributed by atoms with Gasteiger partial charge in [0.25, 0.3) is 8.32 Å². The molecule has 0 saturated heterocycles. The first-order valence-corrected chi connectivity index (χ1v) is 12.3. The number of hydrogen-bond donors (Lipinski definition) is 0. The maximum atomic E-state index is 7.02. The summed E-state index contributed by atoms with van der Waals surface area (Å²) >= 11 is 3.67. The predicted octanol–water partition coefficient (Wildman–Crippen LogP) is 4.98. The molecule has 0 unspecified atom stereocenters. The number of alkyl halides is 1. The summed E-state index contributed by atoms with van der Waals surface area (Å²) in [4.78, 5) is 0. The van der Waals surface area contributed by atoms with Crippen LogP contribution in [0.3, 0.4) is 0 Å². The van der Waals surface area contributed by atoms with E-state index in [1.165, 1.54) is 23.2 Å². The molecule has 0 aliphatic heterocycles. The van der Waals surface area contributed by atoms with Crippen LogP contribution in [0.1, 0.15) is 33.6 Å². The molecule has 0 spiro atoms. The van der Waals surface area contributed by atoms with Crippen molar-refractivity contribution in [1.29, 1.82) is 0 Å². The molecule has 0 aromatic heterocycles. The number of hydrogen-bond acceptors (Lipinski definition) is 1. The Labute approximate surface area is 162 Å². The van der Waals surface area contributed by atoms with Crippen molar-refractivity contribution in [2.75, 3.05) is 11.9 Å². The highest BCUT2D eigenvalue weighted by atomic mass is 79.9. The van der Waals surface area contributed by atoms with Crippen LogP contribution in [0.25, 0.3) is 0 Å². The SMILES string of the molecule is CC(C)(C)[Si](OC[C@@H]1CC[C@H]1CBr)(c1ccccc1)c1ccccc1. The fraction of sp³-hybridized carbons (Fsp3) is 0.455. The van der Waals surface area contributed by atoms with Crippen molar-refractivity contribution in [2.24, 2.45) is 11.8 Å². The van der Waals surface area contributed by atoms with Gasteiger partial charge in [-0.05, 0) is 40.1 Å². The highest BCUT2D eigenvalue weighted by Gasteiger charge is 2.50. The summed E-state index contributed by atoms with van der Waals surface area (Å²) in [5, 5.41) is 3.93. The lowest BCUT2D eigenvalue weighted by molar-refractivity contribution is 0.114. The van der Waals surface area contributed by atoms with Crippen molar-refractivity contribution in [2.45, 2.75) is 38.7 Å². The maximum Gasteiger partial charge on any atom is 0.261 e. The zero-order valence-electron chi connectivity index (χ0n) is 15.5. The molecular weight excluding hydrogens is 388 g/mol. The van der Waals surface area contributed by atoms with Gasteiger partial charge in [-0.15, -0.1) is 0 Å². The molecule has 1 saturated carbocycles. The fourth-order valence-corrected chi connectivity index (χ4v) is 9.53. The quantitative estimate of drug-likeness (QED) is 0.476. The molecule has 134 valence electrons. The van der Waals surface area contributed by atoms with Crippen LogP contribution in [-0.2, 0) is 4.43 Å². The Balaban J connectivity index is 2.03. The molecule has 25 heavy (non-hydrogen) atoms. The summed E-state index contributed by atoms with van der Waals surface area (Å²) in [5.74, 6) is 1.47. The summed E-state index contributed by atoms with van der Waals surface area (Å²) in [7, 11) is -2.35. The van der Waals surface area contributed by atoms with E-state index in [4.69, 9.17) is 4.43 Å². The van der Waals surface area contributed by atoms with E-state index < -0.39 is 8.32 Å². The molecule has 2 aromatic rings. The average molecular weight is 417 g/mol. The minimum Gasteiger partial charge on any atom is -0.407 e. The van der Waals surface area contributed by atoms with Crippen LogP contribution < -0.4 is 10.4 Å². The van der Waals surface area contributed by atoms with Crippen LogP contribution in [0.2, 0.25) is 5.04 Å². The lowest BCUT2D eigenvalue weighted by Gasteiger charge is -2.45. The Kier molecular flexibility index (Phi) is 5.87. The summed E-state index contributed by atoms with van der Waals surface area (Å²) in [6.07, 6.45) is 2.63. The molecule has 0 N–H and O–H groups in total. The van der Waals surface area contributed by atoms with Crippen LogP contribution in [-0.4, -0.2) is 20.3 Å². The van der Waals surface area contributed by atoms with Gasteiger partial charge < -0.3 is 4.43 Å². The summed E-state index contributed by atoms with van der Waals surface area (Å²) < 4.78 is 7.02. The molecule has 0 bridgehead atoms. The first-order valence-electron chi connectivity index (χ1n) is 9.30. The lowest BCUT2D eigenvalue weighted by atomic mass is 9.76. The highest BCUT2D eigenvalue weighted by molar-refractivity contribution is 9.09. The van der Waals surface area contributed by atoms with Gasteiger partial charge in [0.2, 0.25) is 0 Å². The summed E-state index contributed by atoms with van der Waals surface area (Å²) in [5.41, 5.74) is 0. The smallest absolute Gasteiger partial charge is 0.261 e. The molecule has 0 heterocycles. The third kappa shape index (κ3) is 3.65. The van der Waals surface area contributed by atoms with Gasteiger partial charge in [0.05, 0.1) is 0 Å². The lowest BCUT2D eigenvalue weighted by Crippen LogP contribution is -2.67. The number of benzene rings is 2. The largest absolute Gasteiger partial charge is 0.407 e. The number of halogens is 1. The summed E-state index contributed by atoms with van der Waals surface area (Å²) in [6, 6.07) is 21.9. The average Bonchev–Trinajstić information content (AvgIpc) is 2.58. The molecule has 1 aliphatic carbocycles. The van der Waals surface area contributed by atoms with Crippen LogP contribution in [0.5, 0.6) is 0 Å². The van der Waals surface area contributed by atoms with Gasteiger partial charge in [0.15, 0.2) is 0 Å². The highest BCUT2D eigenvalue weighted by Crippen LogP contribution is 2.40. The van der Waals surface area contributed by atoms with Crippen LogP contribution in [0.4, 0.5) is 0 Å². The molecule has 2 atom stereocenters. The molecule has 1 fully saturated rings. The van der Waals surface area contributed by atoms with Gasteiger partial charge in [0.1, 0.15) is 0 Å². The molecule has 0 radical (unpaired) electrons. The fourth-order valence-electron chi connectivity index (χ4n) is 4.05. The van der Waals surface area contributed by atoms with Crippen molar-refractivity contribution < 1.29 is 4.43 Å². The Morgan fingerprint density at radius 1 is 0.880 bits per heavy atom. The van der Waals surface area contributed by atoms with E-state index in [1.54, 1.807) is 0 Å². The van der Waals surface area contributed by atoms with E-state index in [0.717, 1.165) is 17.9 Å². The van der Waals surface area contributed by atoms with Crippen LogP contribution in [0.15, 0.2) is 60.7 Å². The molecule has 3 rings (SSSR count). The molecule has 1 aliphatic rings. The standard InChI is InChI=1S/C22H29BrOSi/c1-22(2,3)25(20-10-6-4-7-11-20,21-12-8-5-9-13-21)24-17-19-15-14-18(19)16-23/h4-13,18-19H,14-17H2,1-3H3/t18-,19-/m0/s1. The van der Waals surface area contributed by atoms with Gasteiger partial charge in [-0.3, -0.25) is 0 Å². The molecule has 3 heteroatoms. The Hall–Kier alpha value is -0.903. The summed E-state index contributed by atoms with van der Waals surface area (Å²) in [6.45, 7) is 7.93. The minimum atomic E-state index is -2.35. The molecular formula is C22H29BrOSi. The Bertz CT molecular complexity index is 624. The zero-order valence-corrected chi connectivity index (χ0v) is 18.1. The van der Waals surface area contributed by atoms with Crippen molar-refractivity contribution in [3.05, 3.63) is 60.7 Å². The maximum absolute atomic E-state index is 7.02. The molecule has 0 amide bonds. The normalized spacial score (nSPS) is 21.0. The second-order valence-corrected chi connectivity index (χ2v) is 13.2. The topological polar surface area (TPSA) is 9.23 Å². The third-order valence-corrected chi connectivity index (χ3v) is 11.5. The van der Waals surface area contributed by atoms with Crippen molar-refractivity contribution in [3.63, 3.8) is 0 Å². The van der Waals surface area contributed by atoms with Crippen molar-refractivity contribution >= 4 is 34.6 Å². The van der Waals surface area contributed by atoms with Gasteiger partial charge in [0, 0.05) is 11.9 Å². The van der Waals surface area contributed by atoms with Gasteiger partial charge in [-0.25, -0.2) is 0 Å². The van der Waals surface area contributed by atoms with Gasteiger partial charge in [-0.1, -0.05) is 97.4 Å². The zero-order chi connectivity index (χ0) is 17.9. The molecule has 1 nitrogen and oxygen atoms in total. The second-order valence-electron chi connectivity index (χ2n) is 8.23. The first-order chi connectivity index (χ1) is 12.0. The Morgan fingerprint density at radius 3 is 1.72 bits per heavy atom. The van der Waals surface area contributed by atoms with Gasteiger partial charge in [-0.2, -0.15) is 0 Å². The third-order valence-electron chi connectivity index (χ3n) is 5.70.